The molecule has 0 unspecified atom stereocenters. The van der Waals surface area contributed by atoms with E-state index in [1.165, 1.54) is 49.6 Å². The van der Waals surface area contributed by atoms with Crippen molar-refractivity contribution >= 4 is 38.9 Å². The van der Waals surface area contributed by atoms with Crippen LogP contribution in [0.5, 0.6) is 0 Å². The minimum atomic E-state index is 0.726. The third kappa shape index (κ3) is 7.42. The SMILES string of the molecule is Cc1cccc(-c2cc(-c3ccc(-c4ccc(-c5ccc(-n6c7ccccc7c7cc(N(c8ccccc8)c8ccccc8)ccc76)cc5)cc4)cc3)nc(-c3cccc(C)c3)n2)c1. The molecule has 0 aliphatic heterocycles. The highest BCUT2D eigenvalue weighted by molar-refractivity contribution is 6.10. The quantitative estimate of drug-likeness (QED) is 0.145. The maximum atomic E-state index is 5.08. The Bertz CT molecular complexity index is 3320. The summed E-state index contributed by atoms with van der Waals surface area (Å²) in [5, 5.41) is 2.44. The van der Waals surface area contributed by atoms with Gasteiger partial charge in [0.05, 0.1) is 22.4 Å². The third-order valence-electron chi connectivity index (χ3n) is 12.1. The van der Waals surface area contributed by atoms with Gasteiger partial charge >= 0.3 is 0 Å². The van der Waals surface area contributed by atoms with Crippen LogP contribution in [0.15, 0.2) is 231 Å². The largest absolute Gasteiger partial charge is 0.310 e. The van der Waals surface area contributed by atoms with Crippen LogP contribution in [-0.2, 0) is 0 Å². The molecule has 0 bridgehead atoms. The molecule has 0 saturated carbocycles. The molecule has 0 aliphatic carbocycles. The summed E-state index contributed by atoms with van der Waals surface area (Å²) in [6, 6.07) is 82.3. The molecule has 0 aliphatic rings. The molecule has 0 amide bonds. The van der Waals surface area contributed by atoms with Crippen molar-refractivity contribution in [3.8, 4) is 61.8 Å². The van der Waals surface area contributed by atoms with E-state index in [1.54, 1.807) is 0 Å². The van der Waals surface area contributed by atoms with Crippen LogP contribution in [0.4, 0.5) is 17.1 Å². The van der Waals surface area contributed by atoms with Crippen LogP contribution >= 0.6 is 0 Å². The lowest BCUT2D eigenvalue weighted by Crippen LogP contribution is -2.09. The zero-order valence-electron chi connectivity index (χ0n) is 35.7. The molecule has 11 rings (SSSR count). The van der Waals surface area contributed by atoms with Crippen LogP contribution in [-0.4, -0.2) is 14.5 Å². The van der Waals surface area contributed by atoms with Crippen molar-refractivity contribution < 1.29 is 0 Å². The first-order valence-corrected chi connectivity index (χ1v) is 21.8. The predicted molar refractivity (Wildman–Crippen MR) is 268 cm³/mol. The van der Waals surface area contributed by atoms with Gasteiger partial charge in [0, 0.05) is 50.2 Å². The van der Waals surface area contributed by atoms with E-state index in [4.69, 9.17) is 9.97 Å². The molecular formula is C60H44N4. The number of anilines is 3. The molecule has 304 valence electrons. The summed E-state index contributed by atoms with van der Waals surface area (Å²) in [7, 11) is 0. The van der Waals surface area contributed by atoms with Crippen LogP contribution in [0.2, 0.25) is 0 Å². The Morgan fingerprint density at radius 3 is 1.41 bits per heavy atom. The maximum Gasteiger partial charge on any atom is 0.160 e. The summed E-state index contributed by atoms with van der Waals surface area (Å²) in [6.45, 7) is 4.22. The van der Waals surface area contributed by atoms with Gasteiger partial charge in [-0.3, -0.25) is 0 Å². The van der Waals surface area contributed by atoms with Crippen LogP contribution < -0.4 is 4.90 Å². The fourth-order valence-electron chi connectivity index (χ4n) is 8.93. The minimum absolute atomic E-state index is 0.726. The number of hydrogen-bond donors (Lipinski definition) is 0. The zero-order valence-corrected chi connectivity index (χ0v) is 35.7. The normalized spacial score (nSPS) is 11.3. The van der Waals surface area contributed by atoms with Crippen LogP contribution in [0.25, 0.3) is 83.6 Å². The number of nitrogens with zero attached hydrogens (tertiary/aromatic N) is 4. The fourth-order valence-corrected chi connectivity index (χ4v) is 8.93. The molecule has 64 heavy (non-hydrogen) atoms. The van der Waals surface area contributed by atoms with Gasteiger partial charge in [0.25, 0.3) is 0 Å². The molecule has 2 heterocycles. The lowest BCUT2D eigenvalue weighted by molar-refractivity contribution is 1.18. The highest BCUT2D eigenvalue weighted by Crippen LogP contribution is 2.40. The second-order valence-corrected chi connectivity index (χ2v) is 16.5. The average molecular weight is 821 g/mol. The van der Waals surface area contributed by atoms with E-state index < -0.39 is 0 Å². The Morgan fingerprint density at radius 2 is 0.812 bits per heavy atom. The van der Waals surface area contributed by atoms with Gasteiger partial charge in [-0.1, -0.05) is 163 Å². The summed E-state index contributed by atoms with van der Waals surface area (Å²) >= 11 is 0. The molecule has 0 radical (unpaired) electrons. The van der Waals surface area contributed by atoms with Crippen molar-refractivity contribution in [2.45, 2.75) is 13.8 Å². The van der Waals surface area contributed by atoms with E-state index >= 15 is 0 Å². The number of aromatic nitrogens is 3. The fraction of sp³-hybridized carbons (Fsp3) is 0.0333. The molecule has 11 aromatic rings. The summed E-state index contributed by atoms with van der Waals surface area (Å²) in [5.74, 6) is 0.726. The molecule has 4 heteroatoms. The van der Waals surface area contributed by atoms with Gasteiger partial charge in [-0.2, -0.15) is 0 Å². The first-order valence-electron chi connectivity index (χ1n) is 21.8. The minimum Gasteiger partial charge on any atom is -0.310 e. The molecule has 0 fully saturated rings. The van der Waals surface area contributed by atoms with E-state index in [0.29, 0.717) is 0 Å². The molecule has 2 aromatic heterocycles. The molecule has 0 saturated heterocycles. The summed E-state index contributed by atoms with van der Waals surface area (Å²) < 4.78 is 2.38. The lowest BCUT2D eigenvalue weighted by Gasteiger charge is -2.25. The molecule has 4 nitrogen and oxygen atoms in total. The lowest BCUT2D eigenvalue weighted by atomic mass is 9.98. The third-order valence-corrected chi connectivity index (χ3v) is 12.1. The van der Waals surface area contributed by atoms with Gasteiger partial charge in [-0.25, -0.2) is 9.97 Å². The molecule has 0 atom stereocenters. The van der Waals surface area contributed by atoms with E-state index in [9.17, 15) is 0 Å². The monoisotopic (exact) mass is 820 g/mol. The smallest absolute Gasteiger partial charge is 0.160 e. The number of benzene rings is 9. The Morgan fingerprint density at radius 1 is 0.328 bits per heavy atom. The Kier molecular flexibility index (Phi) is 9.95. The van der Waals surface area contributed by atoms with Gasteiger partial charge in [0.1, 0.15) is 0 Å². The van der Waals surface area contributed by atoms with Crippen LogP contribution in [0, 0.1) is 13.8 Å². The van der Waals surface area contributed by atoms with E-state index in [2.05, 4.69) is 254 Å². The number of rotatable bonds is 9. The van der Waals surface area contributed by atoms with Gasteiger partial charge < -0.3 is 9.47 Å². The summed E-state index contributed by atoms with van der Waals surface area (Å²) in [4.78, 5) is 12.4. The van der Waals surface area contributed by atoms with Crippen molar-refractivity contribution in [2.75, 3.05) is 4.90 Å². The summed E-state index contributed by atoms with van der Waals surface area (Å²) in [5.41, 5.74) is 18.9. The van der Waals surface area contributed by atoms with Gasteiger partial charge in [0.2, 0.25) is 0 Å². The van der Waals surface area contributed by atoms with Crippen molar-refractivity contribution in [3.63, 3.8) is 0 Å². The topological polar surface area (TPSA) is 34.0 Å². The standard InChI is InChI=1S/C60H44N4/c1-41-13-11-15-48(37-41)57-40-56(61-60(62-57)49-16-12-14-42(2)38-49)47-29-27-45(28-30-47)43-23-25-44(26-24-43)46-31-33-52(34-32-46)64-58-22-10-9-21-54(58)55-39-53(35-36-59(55)64)63(50-17-5-3-6-18-50)51-19-7-4-8-20-51/h3-40H,1-2H3. The second kappa shape index (κ2) is 16.5. The Hall–Kier alpha value is -8.34. The van der Waals surface area contributed by atoms with Gasteiger partial charge in [0.15, 0.2) is 5.82 Å². The van der Waals surface area contributed by atoms with Crippen molar-refractivity contribution in [2.24, 2.45) is 0 Å². The van der Waals surface area contributed by atoms with Crippen molar-refractivity contribution in [1.82, 2.24) is 14.5 Å². The molecule has 9 aromatic carbocycles. The predicted octanol–water partition coefficient (Wildman–Crippen LogP) is 16.0. The number of aryl methyl sites for hydroxylation is 2. The number of para-hydroxylation sites is 3. The maximum absolute atomic E-state index is 5.08. The first-order chi connectivity index (χ1) is 31.5. The second-order valence-electron chi connectivity index (χ2n) is 16.5. The van der Waals surface area contributed by atoms with Gasteiger partial charge in [-0.05, 0) is 115 Å². The Labute approximate surface area is 374 Å². The number of hydrogen-bond acceptors (Lipinski definition) is 3. The van der Waals surface area contributed by atoms with E-state index in [0.717, 1.165) is 62.2 Å². The number of fused-ring (bicyclic) bond motifs is 3. The first kappa shape index (κ1) is 38.6. The van der Waals surface area contributed by atoms with Crippen LogP contribution in [0.3, 0.4) is 0 Å². The summed E-state index contributed by atoms with van der Waals surface area (Å²) in [6.07, 6.45) is 0. The molecule has 0 N–H and O–H groups in total. The van der Waals surface area contributed by atoms with Crippen molar-refractivity contribution in [3.05, 3.63) is 242 Å². The van der Waals surface area contributed by atoms with E-state index in [1.807, 2.05) is 0 Å². The van der Waals surface area contributed by atoms with E-state index in [-0.39, 0.29) is 0 Å². The molecular weight excluding hydrogens is 777 g/mol. The van der Waals surface area contributed by atoms with Crippen LogP contribution in [0.1, 0.15) is 11.1 Å². The molecule has 0 spiro atoms. The highest BCUT2D eigenvalue weighted by atomic mass is 15.1. The van der Waals surface area contributed by atoms with Crippen molar-refractivity contribution in [1.29, 1.82) is 0 Å². The average Bonchev–Trinajstić information content (AvgIpc) is 3.68. The zero-order chi connectivity index (χ0) is 43.0. The Balaban J connectivity index is 0.873. The van der Waals surface area contributed by atoms with Gasteiger partial charge in [-0.15, -0.1) is 0 Å². The highest BCUT2D eigenvalue weighted by Gasteiger charge is 2.18.